The molecule has 1 saturated heterocycles. The quantitative estimate of drug-likeness (QED) is 0.357. The number of thioether (sulfide) groups is 1. The van der Waals surface area contributed by atoms with Gasteiger partial charge in [0.05, 0.1) is 5.25 Å². The fourth-order valence-electron chi connectivity index (χ4n) is 3.04. The lowest BCUT2D eigenvalue weighted by molar-refractivity contribution is -0.138. The Morgan fingerprint density at radius 1 is 1.12 bits per heavy atom. The molecule has 148 valence electrons. The second-order valence-electron chi connectivity index (χ2n) is 7.40. The minimum atomic E-state index is -0.335. The lowest BCUT2D eigenvalue weighted by Gasteiger charge is -2.24. The Bertz CT molecular complexity index is 528. The molecule has 0 spiro atoms. The summed E-state index contributed by atoms with van der Waals surface area (Å²) in [5, 5.41) is -0.335. The van der Waals surface area contributed by atoms with Crippen molar-refractivity contribution in [2.45, 2.75) is 84.3 Å². The number of carbonyl (C=O) groups excluding carboxylic acids is 4. The standard InChI is InChI=1S/C20H33NO4S/c1-5-20(4,6-2)17(23)10-8-7-9-12-21-18(24)14-16(19(21)25)26-13-11-15(3)22/h16H,5-14H2,1-4H3. The summed E-state index contributed by atoms with van der Waals surface area (Å²) in [6.07, 6.45) is 5.37. The number of unbranched alkanes of at least 4 members (excludes halogenated alkanes) is 2. The maximum Gasteiger partial charge on any atom is 0.242 e. The highest BCUT2D eigenvalue weighted by atomic mass is 32.2. The Labute approximate surface area is 161 Å². The largest absolute Gasteiger partial charge is 0.300 e. The number of ketones is 2. The summed E-state index contributed by atoms with van der Waals surface area (Å²) < 4.78 is 0. The first-order valence-electron chi connectivity index (χ1n) is 9.73. The van der Waals surface area contributed by atoms with Gasteiger partial charge < -0.3 is 0 Å². The van der Waals surface area contributed by atoms with Crippen LogP contribution >= 0.6 is 11.8 Å². The molecule has 1 fully saturated rings. The van der Waals surface area contributed by atoms with E-state index in [0.29, 0.717) is 30.9 Å². The van der Waals surface area contributed by atoms with Gasteiger partial charge in [-0.1, -0.05) is 27.2 Å². The Kier molecular flexibility index (Phi) is 9.55. The average molecular weight is 384 g/mol. The minimum Gasteiger partial charge on any atom is -0.300 e. The highest BCUT2D eigenvalue weighted by molar-refractivity contribution is 8.00. The third-order valence-electron chi connectivity index (χ3n) is 5.50. The van der Waals surface area contributed by atoms with Crippen LogP contribution in [0.15, 0.2) is 0 Å². The van der Waals surface area contributed by atoms with Gasteiger partial charge in [0, 0.05) is 37.0 Å². The Balaban J connectivity index is 2.30. The van der Waals surface area contributed by atoms with Crippen LogP contribution < -0.4 is 0 Å². The molecule has 0 N–H and O–H groups in total. The van der Waals surface area contributed by atoms with Crippen LogP contribution in [0.25, 0.3) is 0 Å². The predicted molar refractivity (Wildman–Crippen MR) is 105 cm³/mol. The van der Waals surface area contributed by atoms with Crippen LogP contribution in [0.1, 0.15) is 79.1 Å². The molecule has 0 bridgehead atoms. The van der Waals surface area contributed by atoms with Crippen LogP contribution in [0.5, 0.6) is 0 Å². The number of rotatable bonds is 13. The molecule has 1 atom stereocenters. The Morgan fingerprint density at radius 2 is 1.77 bits per heavy atom. The molecule has 1 aliphatic rings. The van der Waals surface area contributed by atoms with Gasteiger partial charge in [-0.2, -0.15) is 0 Å². The summed E-state index contributed by atoms with van der Waals surface area (Å²) in [7, 11) is 0. The van der Waals surface area contributed by atoms with Crippen LogP contribution in [0, 0.1) is 5.41 Å². The van der Waals surface area contributed by atoms with Crippen molar-refractivity contribution in [3.05, 3.63) is 0 Å². The van der Waals surface area contributed by atoms with E-state index in [4.69, 9.17) is 0 Å². The number of hydrogen-bond donors (Lipinski definition) is 0. The zero-order valence-electron chi connectivity index (χ0n) is 16.6. The molecule has 1 heterocycles. The topological polar surface area (TPSA) is 71.5 Å². The van der Waals surface area contributed by atoms with Crippen molar-refractivity contribution in [2.24, 2.45) is 5.41 Å². The van der Waals surface area contributed by atoms with Crippen LogP contribution in [0.4, 0.5) is 0 Å². The van der Waals surface area contributed by atoms with Gasteiger partial charge in [-0.3, -0.25) is 24.1 Å². The zero-order valence-corrected chi connectivity index (χ0v) is 17.5. The first kappa shape index (κ1) is 22.9. The van der Waals surface area contributed by atoms with E-state index in [1.54, 1.807) is 0 Å². The van der Waals surface area contributed by atoms with E-state index < -0.39 is 0 Å². The summed E-state index contributed by atoms with van der Waals surface area (Å²) in [4.78, 5) is 49.0. The lowest BCUT2D eigenvalue weighted by Crippen LogP contribution is -2.32. The number of amides is 2. The number of carbonyl (C=O) groups is 4. The molecule has 26 heavy (non-hydrogen) atoms. The van der Waals surface area contributed by atoms with Crippen LogP contribution in [0.2, 0.25) is 0 Å². The Morgan fingerprint density at radius 3 is 2.35 bits per heavy atom. The number of Topliss-reactive ketones (excluding diaryl/α,β-unsaturated/α-hetero) is 2. The summed E-state index contributed by atoms with van der Waals surface area (Å²) in [6.45, 7) is 8.10. The Hall–Kier alpha value is -1.17. The molecule has 0 aliphatic carbocycles. The summed E-state index contributed by atoms with van der Waals surface area (Å²) in [6, 6.07) is 0. The van der Waals surface area contributed by atoms with E-state index in [9.17, 15) is 19.2 Å². The lowest BCUT2D eigenvalue weighted by atomic mass is 9.78. The van der Waals surface area contributed by atoms with Gasteiger partial charge in [0.1, 0.15) is 11.6 Å². The van der Waals surface area contributed by atoms with Gasteiger partial charge in [0.25, 0.3) is 0 Å². The van der Waals surface area contributed by atoms with Crippen molar-refractivity contribution in [1.29, 1.82) is 0 Å². The number of hydrogen-bond acceptors (Lipinski definition) is 5. The molecule has 0 radical (unpaired) electrons. The molecule has 0 saturated carbocycles. The molecule has 2 amide bonds. The average Bonchev–Trinajstić information content (AvgIpc) is 2.87. The van der Waals surface area contributed by atoms with Crippen molar-refractivity contribution in [3.63, 3.8) is 0 Å². The van der Waals surface area contributed by atoms with Crippen molar-refractivity contribution >= 4 is 35.1 Å². The second-order valence-corrected chi connectivity index (χ2v) is 8.71. The minimum absolute atomic E-state index is 0.0999. The summed E-state index contributed by atoms with van der Waals surface area (Å²) in [5.74, 6) is 0.767. The van der Waals surface area contributed by atoms with Crippen LogP contribution in [-0.2, 0) is 19.2 Å². The molecule has 5 nitrogen and oxygen atoms in total. The molecule has 6 heteroatoms. The molecule has 1 rings (SSSR count). The smallest absolute Gasteiger partial charge is 0.242 e. The highest BCUT2D eigenvalue weighted by Crippen LogP contribution is 2.29. The first-order valence-corrected chi connectivity index (χ1v) is 10.8. The van der Waals surface area contributed by atoms with Crippen LogP contribution in [0.3, 0.4) is 0 Å². The van der Waals surface area contributed by atoms with E-state index >= 15 is 0 Å². The molecule has 0 aromatic heterocycles. The number of likely N-dealkylation sites (tertiary alicyclic amines) is 1. The van der Waals surface area contributed by atoms with Crippen molar-refractivity contribution in [3.8, 4) is 0 Å². The zero-order chi connectivity index (χ0) is 19.7. The monoisotopic (exact) mass is 383 g/mol. The summed E-state index contributed by atoms with van der Waals surface area (Å²) in [5.41, 5.74) is -0.217. The second kappa shape index (κ2) is 10.9. The van der Waals surface area contributed by atoms with Crippen molar-refractivity contribution in [1.82, 2.24) is 4.90 Å². The molecule has 0 aromatic carbocycles. The van der Waals surface area contributed by atoms with Crippen molar-refractivity contribution < 1.29 is 19.2 Å². The fraction of sp³-hybridized carbons (Fsp3) is 0.800. The first-order chi connectivity index (χ1) is 12.2. The van der Waals surface area contributed by atoms with Crippen molar-refractivity contribution in [2.75, 3.05) is 12.3 Å². The van der Waals surface area contributed by atoms with Gasteiger partial charge in [-0.15, -0.1) is 11.8 Å². The highest BCUT2D eigenvalue weighted by Gasteiger charge is 2.38. The third-order valence-corrected chi connectivity index (χ3v) is 6.71. The van der Waals surface area contributed by atoms with Gasteiger partial charge in [-0.25, -0.2) is 0 Å². The molecule has 0 aromatic rings. The van der Waals surface area contributed by atoms with E-state index in [1.807, 2.05) is 6.92 Å². The van der Waals surface area contributed by atoms with Gasteiger partial charge >= 0.3 is 0 Å². The van der Waals surface area contributed by atoms with E-state index in [0.717, 1.165) is 32.1 Å². The maximum atomic E-state index is 12.3. The third kappa shape index (κ3) is 6.53. The molecule has 1 aliphatic heterocycles. The van der Waals surface area contributed by atoms with Crippen LogP contribution in [-0.4, -0.2) is 45.8 Å². The van der Waals surface area contributed by atoms with Gasteiger partial charge in [-0.05, 0) is 32.6 Å². The SMILES string of the molecule is CCC(C)(CC)C(=O)CCCCCN1C(=O)CC(SCCC(C)=O)C1=O. The van der Waals surface area contributed by atoms with E-state index in [-0.39, 0.29) is 34.7 Å². The normalized spacial score (nSPS) is 17.8. The maximum absolute atomic E-state index is 12.3. The molecular weight excluding hydrogens is 350 g/mol. The number of imide groups is 1. The van der Waals surface area contributed by atoms with Gasteiger partial charge in [0.15, 0.2) is 0 Å². The van der Waals surface area contributed by atoms with E-state index in [2.05, 4.69) is 13.8 Å². The molecule has 1 unspecified atom stereocenters. The number of nitrogens with zero attached hydrogens (tertiary/aromatic N) is 1. The predicted octanol–water partition coefficient (Wildman–Crippen LogP) is 3.78. The van der Waals surface area contributed by atoms with Gasteiger partial charge in [0.2, 0.25) is 11.8 Å². The fourth-order valence-corrected chi connectivity index (χ4v) is 4.26. The van der Waals surface area contributed by atoms with E-state index in [1.165, 1.54) is 23.6 Å². The summed E-state index contributed by atoms with van der Waals surface area (Å²) >= 11 is 1.41. The molecular formula is C20H33NO4S.